The summed E-state index contributed by atoms with van der Waals surface area (Å²) in [5.41, 5.74) is 0.959. The van der Waals surface area contributed by atoms with Gasteiger partial charge in [0.15, 0.2) is 5.82 Å². The maximum absolute atomic E-state index is 6.02. The molecule has 0 fully saturated rings. The zero-order valence-electron chi connectivity index (χ0n) is 9.01. The van der Waals surface area contributed by atoms with E-state index in [1.807, 2.05) is 20.0 Å². The molecule has 0 saturated carbocycles. The van der Waals surface area contributed by atoms with E-state index in [0.29, 0.717) is 10.2 Å². The smallest absolute Gasteiger partial charge is 0.172 e. The minimum absolute atomic E-state index is 0.699. The Morgan fingerprint density at radius 3 is 2.71 bits per heavy atom. The van der Waals surface area contributed by atoms with E-state index in [9.17, 15) is 0 Å². The van der Waals surface area contributed by atoms with Crippen LogP contribution in [0.3, 0.4) is 0 Å². The Labute approximate surface area is 130 Å². The largest absolute Gasteiger partial charge is 0.372 e. The number of nitrogens with zero attached hydrogens (tertiary/aromatic N) is 2. The Morgan fingerprint density at radius 1 is 1.47 bits per heavy atom. The summed E-state index contributed by atoms with van der Waals surface area (Å²) in [7, 11) is 1.85. The normalized spacial score (nSPS) is 10.6. The standard InChI is InChI=1S/C10H8BrClIN3S/c1-4-7(13)10(14-2)16-9(15-4)6-3-5(11)8(12)17-6/h3H,1-2H3,(H,14,15,16). The van der Waals surface area contributed by atoms with Gasteiger partial charge in [0.2, 0.25) is 0 Å². The van der Waals surface area contributed by atoms with E-state index in [-0.39, 0.29) is 0 Å². The number of nitrogens with one attached hydrogen (secondary N) is 1. The van der Waals surface area contributed by atoms with E-state index in [1.54, 1.807) is 0 Å². The summed E-state index contributed by atoms with van der Waals surface area (Å²) >= 11 is 13.1. The van der Waals surface area contributed by atoms with Crippen LogP contribution in [0.25, 0.3) is 10.7 Å². The second kappa shape index (κ2) is 5.38. The van der Waals surface area contributed by atoms with Crippen LogP contribution in [-0.2, 0) is 0 Å². The molecular weight excluding hydrogens is 436 g/mol. The van der Waals surface area contributed by atoms with Gasteiger partial charge in [-0.05, 0) is 51.5 Å². The maximum Gasteiger partial charge on any atom is 0.172 e. The third kappa shape index (κ3) is 2.74. The van der Waals surface area contributed by atoms with Gasteiger partial charge in [-0.15, -0.1) is 11.3 Å². The first kappa shape index (κ1) is 13.5. The van der Waals surface area contributed by atoms with E-state index in [2.05, 4.69) is 53.8 Å². The molecule has 2 aromatic rings. The SMILES string of the molecule is CNc1nc(-c2cc(Br)c(Cl)s2)nc(C)c1I. The minimum atomic E-state index is 0.699. The lowest BCUT2D eigenvalue weighted by atomic mass is 10.3. The number of aromatic nitrogens is 2. The van der Waals surface area contributed by atoms with Crippen molar-refractivity contribution in [3.8, 4) is 10.7 Å². The summed E-state index contributed by atoms with van der Waals surface area (Å²) in [5.74, 6) is 1.54. The van der Waals surface area contributed by atoms with Gasteiger partial charge in [0, 0.05) is 11.5 Å². The van der Waals surface area contributed by atoms with Crippen LogP contribution in [0.2, 0.25) is 4.34 Å². The Bertz CT molecular complexity index is 553. The van der Waals surface area contributed by atoms with Gasteiger partial charge >= 0.3 is 0 Å². The molecule has 3 nitrogen and oxygen atoms in total. The molecule has 0 aliphatic heterocycles. The maximum atomic E-state index is 6.02. The molecule has 0 radical (unpaired) electrons. The van der Waals surface area contributed by atoms with Gasteiger partial charge in [0.1, 0.15) is 10.2 Å². The molecule has 2 aromatic heterocycles. The third-order valence-electron chi connectivity index (χ3n) is 2.12. The van der Waals surface area contributed by atoms with Crippen molar-refractivity contribution in [1.29, 1.82) is 0 Å². The Hall–Kier alpha value is 0.0800. The van der Waals surface area contributed by atoms with E-state index < -0.39 is 0 Å². The van der Waals surface area contributed by atoms with Crippen molar-refractivity contribution in [2.75, 3.05) is 12.4 Å². The number of halogens is 3. The fourth-order valence-electron chi connectivity index (χ4n) is 1.29. The molecule has 90 valence electrons. The summed E-state index contributed by atoms with van der Waals surface area (Å²) in [4.78, 5) is 9.91. The lowest BCUT2D eigenvalue weighted by molar-refractivity contribution is 1.09. The third-order valence-corrected chi connectivity index (χ3v) is 5.88. The van der Waals surface area contributed by atoms with Crippen LogP contribution in [-0.4, -0.2) is 17.0 Å². The second-order valence-corrected chi connectivity index (χ2v) is 6.86. The van der Waals surface area contributed by atoms with Gasteiger partial charge in [-0.3, -0.25) is 0 Å². The topological polar surface area (TPSA) is 37.8 Å². The quantitative estimate of drug-likeness (QED) is 0.690. The molecule has 0 amide bonds. The number of rotatable bonds is 2. The van der Waals surface area contributed by atoms with E-state index in [4.69, 9.17) is 11.6 Å². The van der Waals surface area contributed by atoms with Crippen molar-refractivity contribution >= 4 is 67.3 Å². The predicted octanol–water partition coefficient (Wildman–Crippen LogP) is 4.58. The lowest BCUT2D eigenvalue weighted by Crippen LogP contribution is -2.02. The zero-order valence-corrected chi connectivity index (χ0v) is 14.3. The average Bonchev–Trinajstić information content (AvgIpc) is 2.63. The Kier molecular flexibility index (Phi) is 4.27. The molecule has 0 atom stereocenters. The highest BCUT2D eigenvalue weighted by atomic mass is 127. The number of anilines is 1. The number of thiophene rings is 1. The monoisotopic (exact) mass is 443 g/mol. The van der Waals surface area contributed by atoms with Crippen LogP contribution in [0.4, 0.5) is 5.82 Å². The van der Waals surface area contributed by atoms with Crippen LogP contribution in [0, 0.1) is 10.5 Å². The Balaban J connectivity index is 2.56. The van der Waals surface area contributed by atoms with Crippen molar-refractivity contribution in [1.82, 2.24) is 9.97 Å². The molecule has 0 saturated heterocycles. The summed E-state index contributed by atoms with van der Waals surface area (Å²) in [6.45, 7) is 1.97. The van der Waals surface area contributed by atoms with Crippen molar-refractivity contribution in [3.63, 3.8) is 0 Å². The molecule has 0 unspecified atom stereocenters. The van der Waals surface area contributed by atoms with Gasteiger partial charge in [0.05, 0.1) is 14.1 Å². The molecule has 2 heterocycles. The van der Waals surface area contributed by atoms with Crippen LogP contribution < -0.4 is 5.32 Å². The molecule has 0 aromatic carbocycles. The van der Waals surface area contributed by atoms with Crippen LogP contribution in [0.5, 0.6) is 0 Å². The van der Waals surface area contributed by atoms with E-state index >= 15 is 0 Å². The lowest BCUT2D eigenvalue weighted by Gasteiger charge is -2.07. The Morgan fingerprint density at radius 2 is 2.18 bits per heavy atom. The number of hydrogen-bond acceptors (Lipinski definition) is 4. The van der Waals surface area contributed by atoms with Crippen molar-refractivity contribution in [2.24, 2.45) is 0 Å². The highest BCUT2D eigenvalue weighted by molar-refractivity contribution is 14.1. The average molecular weight is 445 g/mol. The fraction of sp³-hybridized carbons (Fsp3) is 0.200. The molecule has 17 heavy (non-hydrogen) atoms. The zero-order chi connectivity index (χ0) is 12.6. The number of hydrogen-bond donors (Lipinski definition) is 1. The first-order valence-electron chi connectivity index (χ1n) is 4.70. The van der Waals surface area contributed by atoms with Crippen molar-refractivity contribution in [3.05, 3.63) is 24.1 Å². The summed E-state index contributed by atoms with van der Waals surface area (Å²) in [5, 5.41) is 3.07. The first-order valence-corrected chi connectivity index (χ1v) is 7.76. The summed E-state index contributed by atoms with van der Waals surface area (Å²) in [6.07, 6.45) is 0. The molecule has 1 N–H and O–H groups in total. The number of aryl methyl sites for hydroxylation is 1. The molecule has 0 spiro atoms. The molecule has 0 bridgehead atoms. The molecule has 0 aliphatic carbocycles. The van der Waals surface area contributed by atoms with Crippen LogP contribution in [0.1, 0.15) is 5.69 Å². The second-order valence-electron chi connectivity index (χ2n) is 3.28. The predicted molar refractivity (Wildman–Crippen MR) is 85.1 cm³/mol. The highest BCUT2D eigenvalue weighted by Crippen LogP contribution is 2.37. The molecule has 7 heteroatoms. The van der Waals surface area contributed by atoms with Gasteiger partial charge in [-0.2, -0.15) is 0 Å². The van der Waals surface area contributed by atoms with Gasteiger partial charge < -0.3 is 5.32 Å². The van der Waals surface area contributed by atoms with E-state index in [1.165, 1.54) is 11.3 Å². The van der Waals surface area contributed by atoms with Crippen LogP contribution in [0.15, 0.2) is 10.5 Å². The highest BCUT2D eigenvalue weighted by Gasteiger charge is 2.13. The summed E-state index contributed by atoms with van der Waals surface area (Å²) in [6, 6.07) is 1.94. The van der Waals surface area contributed by atoms with Gasteiger partial charge in [0.25, 0.3) is 0 Å². The van der Waals surface area contributed by atoms with Crippen molar-refractivity contribution < 1.29 is 0 Å². The van der Waals surface area contributed by atoms with Gasteiger partial charge in [-0.25, -0.2) is 9.97 Å². The van der Waals surface area contributed by atoms with E-state index in [0.717, 1.165) is 24.4 Å². The minimum Gasteiger partial charge on any atom is -0.372 e. The molecular formula is C10H8BrClIN3S. The summed E-state index contributed by atoms with van der Waals surface area (Å²) < 4.78 is 2.63. The van der Waals surface area contributed by atoms with Gasteiger partial charge in [-0.1, -0.05) is 11.6 Å². The molecule has 0 aliphatic rings. The van der Waals surface area contributed by atoms with Crippen LogP contribution >= 0.6 is 61.5 Å². The molecule has 2 rings (SSSR count). The fourth-order valence-corrected chi connectivity index (χ4v) is 3.44. The van der Waals surface area contributed by atoms with Crippen molar-refractivity contribution in [2.45, 2.75) is 6.92 Å². The first-order chi connectivity index (χ1) is 8.02.